The molecule has 2 aromatic carbocycles. The smallest absolute Gasteiger partial charge is 0.260 e. The third-order valence-corrected chi connectivity index (χ3v) is 6.07. The van der Waals surface area contributed by atoms with Gasteiger partial charge in [-0.1, -0.05) is 36.4 Å². The van der Waals surface area contributed by atoms with Crippen LogP contribution in [0.4, 0.5) is 0 Å². The molecule has 1 atom stereocenters. The monoisotopic (exact) mass is 488 g/mol. The maximum Gasteiger partial charge on any atom is 0.260 e. The van der Waals surface area contributed by atoms with Gasteiger partial charge >= 0.3 is 0 Å². The van der Waals surface area contributed by atoms with Gasteiger partial charge in [0.15, 0.2) is 23.3 Å². The van der Waals surface area contributed by atoms with Crippen molar-refractivity contribution in [3.63, 3.8) is 0 Å². The highest BCUT2D eigenvalue weighted by Gasteiger charge is 2.20. The van der Waals surface area contributed by atoms with E-state index in [0.29, 0.717) is 36.9 Å². The van der Waals surface area contributed by atoms with Gasteiger partial charge in [-0.05, 0) is 56.0 Å². The molecule has 0 bridgehead atoms. The number of aryl methyl sites for hydroxylation is 2. The highest BCUT2D eigenvalue weighted by Crippen LogP contribution is 2.33. The number of fused-ring (bicyclic) bond motifs is 1. The van der Waals surface area contributed by atoms with Gasteiger partial charge in [0.05, 0.1) is 25.3 Å². The van der Waals surface area contributed by atoms with Crippen LogP contribution in [0.2, 0.25) is 0 Å². The zero-order chi connectivity index (χ0) is 25.7. The van der Waals surface area contributed by atoms with Gasteiger partial charge in [-0.15, -0.1) is 0 Å². The lowest BCUT2D eigenvalue weighted by molar-refractivity contribution is -0.127. The van der Waals surface area contributed by atoms with Crippen LogP contribution in [0, 0.1) is 6.92 Å². The fourth-order valence-electron chi connectivity index (χ4n) is 4.20. The van der Waals surface area contributed by atoms with Crippen molar-refractivity contribution >= 4 is 16.9 Å². The summed E-state index contributed by atoms with van der Waals surface area (Å²) in [7, 11) is 3.21. The lowest BCUT2D eigenvalue weighted by Crippen LogP contribution is -2.37. The number of aromatic nitrogens is 3. The van der Waals surface area contributed by atoms with Crippen LogP contribution in [0.3, 0.4) is 0 Å². The zero-order valence-electron chi connectivity index (χ0n) is 21.4. The maximum atomic E-state index is 12.8. The number of ether oxygens (including phenoxy) is 3. The Balaban J connectivity index is 1.48. The number of rotatable bonds is 10. The molecule has 0 fully saturated rings. The van der Waals surface area contributed by atoms with Crippen LogP contribution in [-0.4, -0.2) is 47.5 Å². The van der Waals surface area contributed by atoms with E-state index in [1.807, 2.05) is 73.1 Å². The summed E-state index contributed by atoms with van der Waals surface area (Å²) >= 11 is 0. The summed E-state index contributed by atoms with van der Waals surface area (Å²) in [6.45, 7) is 6.88. The highest BCUT2D eigenvalue weighted by atomic mass is 16.5. The van der Waals surface area contributed by atoms with Crippen LogP contribution in [0.5, 0.6) is 17.4 Å². The molecule has 0 aliphatic carbocycles. The van der Waals surface area contributed by atoms with E-state index in [0.717, 1.165) is 33.4 Å². The third-order valence-electron chi connectivity index (χ3n) is 6.07. The minimum Gasteiger partial charge on any atom is -0.493 e. The number of hydrogen-bond donors (Lipinski definition) is 1. The summed E-state index contributed by atoms with van der Waals surface area (Å²) in [5, 5.41) is 8.58. The standard InChI is InChI=1S/C28H32N4O4/c1-6-32-27-26(18(2)31-32)22(21-10-8-7-9-11-21)17-25(30-27)36-19(3)28(33)29-15-14-20-12-13-23(34-4)24(16-20)35-5/h7-13,16-17,19H,6,14-15H2,1-5H3,(H,29,33)/t19-/m0/s1. The first-order valence-electron chi connectivity index (χ1n) is 12.0. The molecule has 0 radical (unpaired) electrons. The fraction of sp³-hybridized carbons (Fsp3) is 0.321. The summed E-state index contributed by atoms with van der Waals surface area (Å²) in [6, 6.07) is 17.7. The number of carbonyl (C=O) groups is 1. The van der Waals surface area contributed by atoms with Gasteiger partial charge < -0.3 is 19.5 Å². The first-order chi connectivity index (χ1) is 17.4. The Kier molecular flexibility index (Phi) is 7.73. The van der Waals surface area contributed by atoms with E-state index < -0.39 is 6.10 Å². The minimum absolute atomic E-state index is 0.209. The summed E-state index contributed by atoms with van der Waals surface area (Å²) < 4.78 is 18.5. The molecule has 2 aromatic heterocycles. The summed E-state index contributed by atoms with van der Waals surface area (Å²) in [5.41, 5.74) is 4.71. The number of pyridine rings is 1. The van der Waals surface area contributed by atoms with Crippen molar-refractivity contribution in [1.29, 1.82) is 0 Å². The van der Waals surface area contributed by atoms with Crippen LogP contribution in [0.15, 0.2) is 54.6 Å². The van der Waals surface area contributed by atoms with Gasteiger partial charge in [0, 0.05) is 19.2 Å². The molecule has 188 valence electrons. The average Bonchev–Trinajstić information content (AvgIpc) is 3.23. The van der Waals surface area contributed by atoms with Gasteiger partial charge in [-0.3, -0.25) is 4.79 Å². The van der Waals surface area contributed by atoms with Crippen molar-refractivity contribution in [3.05, 3.63) is 65.9 Å². The van der Waals surface area contributed by atoms with Crippen LogP contribution in [-0.2, 0) is 17.8 Å². The Bertz CT molecular complexity index is 1350. The van der Waals surface area contributed by atoms with Crippen molar-refractivity contribution in [2.24, 2.45) is 0 Å². The zero-order valence-corrected chi connectivity index (χ0v) is 21.4. The molecular formula is C28H32N4O4. The van der Waals surface area contributed by atoms with Crippen molar-refractivity contribution in [2.45, 2.75) is 39.8 Å². The Labute approximate surface area is 211 Å². The molecule has 0 aliphatic rings. The van der Waals surface area contributed by atoms with Gasteiger partial charge in [0.2, 0.25) is 5.88 Å². The lowest BCUT2D eigenvalue weighted by atomic mass is 10.0. The van der Waals surface area contributed by atoms with Crippen LogP contribution in [0.25, 0.3) is 22.2 Å². The molecule has 8 nitrogen and oxygen atoms in total. The average molecular weight is 489 g/mol. The third kappa shape index (κ3) is 5.27. The highest BCUT2D eigenvalue weighted by molar-refractivity contribution is 5.95. The van der Waals surface area contributed by atoms with E-state index in [2.05, 4.69) is 10.4 Å². The van der Waals surface area contributed by atoms with Crippen LogP contribution in [0.1, 0.15) is 25.1 Å². The quantitative estimate of drug-likeness (QED) is 0.352. The van der Waals surface area contributed by atoms with E-state index in [1.165, 1.54) is 0 Å². The number of nitrogens with one attached hydrogen (secondary N) is 1. The molecule has 4 rings (SSSR count). The SMILES string of the molecule is CCn1nc(C)c2c(-c3ccccc3)cc(O[C@@H](C)C(=O)NCCc3ccc(OC)c(OC)c3)nc21. The van der Waals surface area contributed by atoms with E-state index in [4.69, 9.17) is 19.2 Å². The van der Waals surface area contributed by atoms with Crippen molar-refractivity contribution in [1.82, 2.24) is 20.1 Å². The van der Waals surface area contributed by atoms with Gasteiger partial charge in [0.25, 0.3) is 5.91 Å². The summed E-state index contributed by atoms with van der Waals surface area (Å²) in [6.07, 6.45) is -0.0704. The topological polar surface area (TPSA) is 87.5 Å². The molecule has 1 N–H and O–H groups in total. The van der Waals surface area contributed by atoms with Gasteiger partial charge in [-0.2, -0.15) is 10.1 Å². The number of benzene rings is 2. The Morgan fingerprint density at radius 2 is 1.81 bits per heavy atom. The number of carbonyl (C=O) groups excluding carboxylic acids is 1. The normalized spacial score (nSPS) is 11.8. The minimum atomic E-state index is -0.719. The van der Waals surface area contributed by atoms with Crippen molar-refractivity contribution in [2.75, 3.05) is 20.8 Å². The lowest BCUT2D eigenvalue weighted by Gasteiger charge is -2.16. The second kappa shape index (κ2) is 11.1. The number of amides is 1. The molecule has 1 amide bonds. The van der Waals surface area contributed by atoms with Crippen molar-refractivity contribution in [3.8, 4) is 28.5 Å². The first-order valence-corrected chi connectivity index (χ1v) is 12.0. The fourth-order valence-corrected chi connectivity index (χ4v) is 4.20. The molecule has 0 spiro atoms. The van der Waals surface area contributed by atoms with Gasteiger partial charge in [-0.25, -0.2) is 4.68 Å². The molecule has 0 unspecified atom stereocenters. The number of methoxy groups -OCH3 is 2. The first kappa shape index (κ1) is 25.0. The molecule has 0 aliphatic heterocycles. The summed E-state index contributed by atoms with van der Waals surface area (Å²) in [5.74, 6) is 1.51. The second-order valence-electron chi connectivity index (χ2n) is 8.46. The van der Waals surface area contributed by atoms with Crippen LogP contribution >= 0.6 is 0 Å². The molecule has 0 saturated carbocycles. The molecule has 8 heteroatoms. The Morgan fingerprint density at radius 1 is 1.06 bits per heavy atom. The van der Waals surface area contributed by atoms with Crippen molar-refractivity contribution < 1.29 is 19.0 Å². The summed E-state index contributed by atoms with van der Waals surface area (Å²) in [4.78, 5) is 17.5. The molecule has 2 heterocycles. The number of nitrogens with zero attached hydrogens (tertiary/aromatic N) is 3. The molecule has 36 heavy (non-hydrogen) atoms. The largest absolute Gasteiger partial charge is 0.493 e. The van der Waals surface area contributed by atoms with Gasteiger partial charge in [0.1, 0.15) is 0 Å². The predicted octanol–water partition coefficient (Wildman–Crippen LogP) is 4.57. The van der Waals surface area contributed by atoms with E-state index >= 15 is 0 Å². The molecule has 0 saturated heterocycles. The molecular weight excluding hydrogens is 456 g/mol. The maximum absolute atomic E-state index is 12.8. The van der Waals surface area contributed by atoms with E-state index in [9.17, 15) is 4.79 Å². The Hall–Kier alpha value is -4.07. The predicted molar refractivity (Wildman–Crippen MR) is 140 cm³/mol. The van der Waals surface area contributed by atoms with E-state index in [1.54, 1.807) is 21.1 Å². The van der Waals surface area contributed by atoms with E-state index in [-0.39, 0.29) is 5.91 Å². The Morgan fingerprint density at radius 3 is 2.50 bits per heavy atom. The second-order valence-corrected chi connectivity index (χ2v) is 8.46. The number of hydrogen-bond acceptors (Lipinski definition) is 6. The van der Waals surface area contributed by atoms with Crippen LogP contribution < -0.4 is 19.5 Å². The molecule has 4 aromatic rings.